The summed E-state index contributed by atoms with van der Waals surface area (Å²) in [5.41, 5.74) is 0.791. The van der Waals surface area contributed by atoms with Crippen molar-refractivity contribution >= 4 is 62.3 Å². The summed E-state index contributed by atoms with van der Waals surface area (Å²) in [6, 6.07) is 10.7. The monoisotopic (exact) mass is 559 g/mol. The normalized spacial score (nSPS) is 15.0. The van der Waals surface area contributed by atoms with Gasteiger partial charge in [-0.3, -0.25) is 13.9 Å². The van der Waals surface area contributed by atoms with Crippen LogP contribution in [0, 0.1) is 0 Å². The predicted molar refractivity (Wildman–Crippen MR) is 141 cm³/mol. The number of rotatable bonds is 9. The van der Waals surface area contributed by atoms with E-state index >= 15 is 0 Å². The lowest BCUT2D eigenvalue weighted by molar-refractivity contribution is -0.139. The van der Waals surface area contributed by atoms with Crippen molar-refractivity contribution in [3.05, 3.63) is 63.1 Å². The molecule has 35 heavy (non-hydrogen) atoms. The molecule has 0 aliphatic heterocycles. The van der Waals surface area contributed by atoms with Gasteiger partial charge in [0.15, 0.2) is 0 Å². The number of amides is 2. The third-order valence-electron chi connectivity index (χ3n) is 5.99. The fraction of sp³-hybridized carbons (Fsp3) is 0.417. The summed E-state index contributed by atoms with van der Waals surface area (Å²) in [7, 11) is -3.91. The van der Waals surface area contributed by atoms with Gasteiger partial charge in [-0.15, -0.1) is 0 Å². The first-order valence-electron chi connectivity index (χ1n) is 11.2. The summed E-state index contributed by atoms with van der Waals surface area (Å²) in [5.74, 6) is -0.862. The first kappa shape index (κ1) is 27.6. The van der Waals surface area contributed by atoms with E-state index in [1.807, 2.05) is 0 Å². The van der Waals surface area contributed by atoms with Crippen LogP contribution in [-0.2, 0) is 26.2 Å². The maximum Gasteiger partial charge on any atom is 0.244 e. The van der Waals surface area contributed by atoms with Gasteiger partial charge in [-0.05, 0) is 49.6 Å². The van der Waals surface area contributed by atoms with Crippen molar-refractivity contribution in [1.29, 1.82) is 0 Å². The van der Waals surface area contributed by atoms with Crippen LogP contribution in [0.5, 0.6) is 0 Å². The topological polar surface area (TPSA) is 86.8 Å². The van der Waals surface area contributed by atoms with E-state index in [0.717, 1.165) is 36.2 Å². The molecule has 1 atom stereocenters. The molecule has 2 aromatic carbocycles. The summed E-state index contributed by atoms with van der Waals surface area (Å²) in [6.07, 6.45) is 4.88. The number of nitrogens with zero attached hydrogens (tertiary/aromatic N) is 2. The highest BCUT2D eigenvalue weighted by Gasteiger charge is 2.32. The second-order valence-electron chi connectivity index (χ2n) is 8.66. The van der Waals surface area contributed by atoms with Crippen LogP contribution in [0.2, 0.25) is 15.1 Å². The van der Waals surface area contributed by atoms with Gasteiger partial charge < -0.3 is 10.2 Å². The number of hydrogen-bond acceptors (Lipinski definition) is 4. The van der Waals surface area contributed by atoms with E-state index in [1.165, 1.54) is 17.0 Å². The smallest absolute Gasteiger partial charge is 0.244 e. The molecule has 0 saturated heterocycles. The molecule has 7 nitrogen and oxygen atoms in total. The Balaban J connectivity index is 1.91. The maximum absolute atomic E-state index is 13.6. The highest BCUT2D eigenvalue weighted by molar-refractivity contribution is 7.92. The molecule has 190 valence electrons. The van der Waals surface area contributed by atoms with E-state index in [-0.39, 0.29) is 34.2 Å². The first-order valence-corrected chi connectivity index (χ1v) is 14.2. The third-order valence-corrected chi connectivity index (χ3v) is 8.16. The zero-order valence-corrected chi connectivity index (χ0v) is 22.6. The summed E-state index contributed by atoms with van der Waals surface area (Å²) in [6.45, 7) is 1.14. The van der Waals surface area contributed by atoms with Gasteiger partial charge in [0.2, 0.25) is 21.8 Å². The minimum Gasteiger partial charge on any atom is -0.352 e. The molecule has 2 amide bonds. The van der Waals surface area contributed by atoms with Crippen LogP contribution in [0.25, 0.3) is 0 Å². The van der Waals surface area contributed by atoms with Crippen LogP contribution in [0.1, 0.15) is 38.2 Å². The Labute approximate surface area is 221 Å². The van der Waals surface area contributed by atoms with Crippen LogP contribution in [0.15, 0.2) is 42.5 Å². The standard InChI is InChI=1S/C24H28Cl3N3O4S/c1-16(24(32)28-19-9-3-4-10-19)29(14-17-7-5-8-18(25)13-17)22(31)15-30(35(2,33)34)21-12-6-11-20(26)23(21)27/h5-8,11-13,16,19H,3-4,9-10,14-15H2,1-2H3,(H,28,32)/t16-/m0/s1. The summed E-state index contributed by atoms with van der Waals surface area (Å²) in [4.78, 5) is 28.0. The lowest BCUT2D eigenvalue weighted by Gasteiger charge is -2.32. The summed E-state index contributed by atoms with van der Waals surface area (Å²) < 4.78 is 26.2. The average Bonchev–Trinajstić information content (AvgIpc) is 3.29. The Morgan fingerprint density at radius 2 is 1.74 bits per heavy atom. The Morgan fingerprint density at radius 1 is 1.09 bits per heavy atom. The van der Waals surface area contributed by atoms with Crippen LogP contribution < -0.4 is 9.62 Å². The van der Waals surface area contributed by atoms with Crippen LogP contribution in [0.4, 0.5) is 5.69 Å². The molecule has 3 rings (SSSR count). The molecule has 0 aromatic heterocycles. The van der Waals surface area contributed by atoms with E-state index in [1.54, 1.807) is 37.3 Å². The molecule has 0 heterocycles. The first-order chi connectivity index (χ1) is 16.5. The highest BCUT2D eigenvalue weighted by atomic mass is 35.5. The number of carbonyl (C=O) groups is 2. The second kappa shape index (κ2) is 11.8. The van der Waals surface area contributed by atoms with Crippen LogP contribution in [0.3, 0.4) is 0 Å². The van der Waals surface area contributed by atoms with Gasteiger partial charge in [0.05, 0.1) is 22.0 Å². The predicted octanol–water partition coefficient (Wildman–Crippen LogP) is 4.89. The Bertz CT molecular complexity index is 1190. The number of halogens is 3. The number of anilines is 1. The molecule has 1 fully saturated rings. The summed E-state index contributed by atoms with van der Waals surface area (Å²) in [5, 5.41) is 3.67. The zero-order valence-electron chi connectivity index (χ0n) is 19.5. The number of benzene rings is 2. The Morgan fingerprint density at radius 3 is 2.37 bits per heavy atom. The van der Waals surface area contributed by atoms with Gasteiger partial charge in [-0.2, -0.15) is 0 Å². The van der Waals surface area contributed by atoms with E-state index < -0.39 is 28.5 Å². The lowest BCUT2D eigenvalue weighted by Crippen LogP contribution is -2.52. The van der Waals surface area contributed by atoms with Gasteiger partial charge in [-0.25, -0.2) is 8.42 Å². The molecule has 1 N–H and O–H groups in total. The van der Waals surface area contributed by atoms with E-state index in [2.05, 4.69) is 5.32 Å². The fourth-order valence-corrected chi connectivity index (χ4v) is 5.60. The maximum atomic E-state index is 13.6. The van der Waals surface area contributed by atoms with Crippen molar-refractivity contribution in [2.24, 2.45) is 0 Å². The molecule has 2 aromatic rings. The van der Waals surface area contributed by atoms with Gasteiger partial charge in [0, 0.05) is 17.6 Å². The minimum absolute atomic E-state index is 0.0146. The van der Waals surface area contributed by atoms with Crippen molar-refractivity contribution in [1.82, 2.24) is 10.2 Å². The lowest BCUT2D eigenvalue weighted by atomic mass is 10.1. The molecular formula is C24H28Cl3N3O4S. The van der Waals surface area contributed by atoms with Crippen LogP contribution in [-0.4, -0.2) is 50.0 Å². The zero-order chi connectivity index (χ0) is 25.8. The molecule has 0 radical (unpaired) electrons. The molecule has 1 aliphatic carbocycles. The van der Waals surface area contributed by atoms with E-state index in [9.17, 15) is 18.0 Å². The average molecular weight is 561 g/mol. The quantitative estimate of drug-likeness (QED) is 0.473. The molecular weight excluding hydrogens is 533 g/mol. The van der Waals surface area contributed by atoms with Gasteiger partial charge in [-0.1, -0.05) is 65.8 Å². The van der Waals surface area contributed by atoms with Gasteiger partial charge in [0.25, 0.3) is 0 Å². The Hall–Kier alpha value is -2.00. The molecule has 0 unspecified atom stereocenters. The number of carbonyl (C=O) groups excluding carboxylic acids is 2. The fourth-order valence-electron chi connectivity index (χ4n) is 4.09. The van der Waals surface area contributed by atoms with Crippen molar-refractivity contribution in [3.8, 4) is 0 Å². The number of nitrogens with one attached hydrogen (secondary N) is 1. The number of sulfonamides is 1. The van der Waals surface area contributed by atoms with Crippen molar-refractivity contribution in [3.63, 3.8) is 0 Å². The minimum atomic E-state index is -3.91. The molecule has 0 bridgehead atoms. The van der Waals surface area contributed by atoms with Crippen LogP contribution >= 0.6 is 34.8 Å². The third kappa shape index (κ3) is 7.26. The largest absolute Gasteiger partial charge is 0.352 e. The van der Waals surface area contributed by atoms with Crippen molar-refractivity contribution < 1.29 is 18.0 Å². The van der Waals surface area contributed by atoms with Gasteiger partial charge in [0.1, 0.15) is 12.6 Å². The van der Waals surface area contributed by atoms with Crippen molar-refractivity contribution in [2.75, 3.05) is 17.1 Å². The van der Waals surface area contributed by atoms with E-state index in [4.69, 9.17) is 34.8 Å². The number of hydrogen-bond donors (Lipinski definition) is 1. The Kier molecular flexibility index (Phi) is 9.32. The van der Waals surface area contributed by atoms with E-state index in [0.29, 0.717) is 10.6 Å². The molecule has 1 saturated carbocycles. The SMILES string of the molecule is C[C@@H](C(=O)NC1CCCC1)N(Cc1cccc(Cl)c1)C(=O)CN(c1cccc(Cl)c1Cl)S(C)(=O)=O. The van der Waals surface area contributed by atoms with Crippen molar-refractivity contribution in [2.45, 2.75) is 51.2 Å². The summed E-state index contributed by atoms with van der Waals surface area (Å²) >= 11 is 18.5. The van der Waals surface area contributed by atoms with Gasteiger partial charge >= 0.3 is 0 Å². The second-order valence-corrected chi connectivity index (χ2v) is 11.8. The molecule has 11 heteroatoms. The highest BCUT2D eigenvalue weighted by Crippen LogP contribution is 2.33. The molecule has 1 aliphatic rings. The molecule has 0 spiro atoms.